The lowest BCUT2D eigenvalue weighted by Crippen LogP contribution is -1.90. The molecule has 0 amide bonds. The molecule has 3 aromatic carbocycles. The van der Waals surface area contributed by atoms with E-state index in [1.54, 1.807) is 0 Å². The van der Waals surface area contributed by atoms with E-state index >= 15 is 0 Å². The van der Waals surface area contributed by atoms with Gasteiger partial charge in [0.05, 0.1) is 0 Å². The van der Waals surface area contributed by atoms with Crippen molar-refractivity contribution in [3.8, 4) is 0 Å². The van der Waals surface area contributed by atoms with Crippen LogP contribution in [0.3, 0.4) is 0 Å². The molecule has 0 heteroatoms. The molecule has 0 aliphatic carbocycles. The molecule has 0 bridgehead atoms. The van der Waals surface area contributed by atoms with Crippen molar-refractivity contribution >= 4 is 11.1 Å². The van der Waals surface area contributed by atoms with E-state index in [1.807, 2.05) is 24.3 Å². The number of hydrogen-bond donors (Lipinski definition) is 0. The SMILES string of the molecule is C=C(CCC)c1ccc(CC(=C)c2ccccc2)cc1.Cc1ccccc1. The predicted octanol–water partition coefficient (Wildman–Crippen LogP) is 7.75. The molecule has 0 fully saturated rings. The Morgan fingerprint density at radius 2 is 1.19 bits per heavy atom. The fraction of sp³-hybridized carbons (Fsp3) is 0.185. The topological polar surface area (TPSA) is 0 Å². The van der Waals surface area contributed by atoms with Gasteiger partial charge < -0.3 is 0 Å². The fourth-order valence-corrected chi connectivity index (χ4v) is 2.86. The van der Waals surface area contributed by atoms with E-state index in [4.69, 9.17) is 0 Å². The van der Waals surface area contributed by atoms with Gasteiger partial charge in [-0.2, -0.15) is 0 Å². The van der Waals surface area contributed by atoms with Gasteiger partial charge in [-0.05, 0) is 47.6 Å². The second kappa shape index (κ2) is 11.0. The smallest absolute Gasteiger partial charge is 0.00257 e. The number of benzene rings is 3. The van der Waals surface area contributed by atoms with Crippen LogP contribution in [0, 0.1) is 6.92 Å². The maximum Gasteiger partial charge on any atom is -0.00257 e. The van der Waals surface area contributed by atoms with Crippen LogP contribution in [-0.4, -0.2) is 0 Å². The van der Waals surface area contributed by atoms with Gasteiger partial charge in [-0.25, -0.2) is 0 Å². The largest absolute Gasteiger partial charge is 0.0952 e. The zero-order valence-corrected chi connectivity index (χ0v) is 16.6. The van der Waals surface area contributed by atoms with Gasteiger partial charge in [-0.3, -0.25) is 0 Å². The zero-order valence-electron chi connectivity index (χ0n) is 16.6. The second-order valence-electron chi connectivity index (χ2n) is 6.85. The normalized spacial score (nSPS) is 9.85. The van der Waals surface area contributed by atoms with E-state index < -0.39 is 0 Å². The minimum absolute atomic E-state index is 0.893. The maximum absolute atomic E-state index is 4.19. The first-order valence-electron chi connectivity index (χ1n) is 9.62. The van der Waals surface area contributed by atoms with Crippen molar-refractivity contribution in [3.63, 3.8) is 0 Å². The van der Waals surface area contributed by atoms with Crippen LogP contribution >= 0.6 is 0 Å². The van der Waals surface area contributed by atoms with Gasteiger partial charge in [-0.15, -0.1) is 0 Å². The average Bonchev–Trinajstić information content (AvgIpc) is 2.70. The Morgan fingerprint density at radius 3 is 1.67 bits per heavy atom. The molecule has 0 heterocycles. The third-order valence-electron chi connectivity index (χ3n) is 4.45. The van der Waals surface area contributed by atoms with Crippen molar-refractivity contribution in [2.75, 3.05) is 0 Å². The Kier molecular flexibility index (Phi) is 8.32. The van der Waals surface area contributed by atoms with Crippen molar-refractivity contribution in [2.45, 2.75) is 33.1 Å². The molecule has 0 atom stereocenters. The highest BCUT2D eigenvalue weighted by Gasteiger charge is 2.02. The van der Waals surface area contributed by atoms with Crippen molar-refractivity contribution in [1.29, 1.82) is 0 Å². The van der Waals surface area contributed by atoms with E-state index in [1.165, 1.54) is 27.8 Å². The summed E-state index contributed by atoms with van der Waals surface area (Å²) in [6.07, 6.45) is 3.10. The quantitative estimate of drug-likeness (QED) is 0.424. The Labute approximate surface area is 164 Å². The molecular weight excluding hydrogens is 324 g/mol. The lowest BCUT2D eigenvalue weighted by molar-refractivity contribution is 0.975. The Hall–Kier alpha value is -2.86. The first-order valence-corrected chi connectivity index (χ1v) is 9.62. The summed E-state index contributed by atoms with van der Waals surface area (Å²) in [7, 11) is 0. The summed E-state index contributed by atoms with van der Waals surface area (Å²) in [5.74, 6) is 0. The van der Waals surface area contributed by atoms with Crippen molar-refractivity contribution < 1.29 is 0 Å². The summed E-state index contributed by atoms with van der Waals surface area (Å²) in [4.78, 5) is 0. The molecule has 0 N–H and O–H groups in total. The van der Waals surface area contributed by atoms with Crippen LogP contribution in [0.5, 0.6) is 0 Å². The van der Waals surface area contributed by atoms with Gasteiger partial charge in [0.1, 0.15) is 0 Å². The molecule has 0 saturated carbocycles. The summed E-state index contributed by atoms with van der Waals surface area (Å²) >= 11 is 0. The lowest BCUT2D eigenvalue weighted by Gasteiger charge is -2.08. The van der Waals surface area contributed by atoms with Gasteiger partial charge in [0.2, 0.25) is 0 Å². The maximum atomic E-state index is 4.19. The molecule has 0 spiro atoms. The molecular formula is C27H30. The van der Waals surface area contributed by atoms with Crippen LogP contribution in [0.2, 0.25) is 0 Å². The molecule has 0 nitrogen and oxygen atoms in total. The Bertz CT molecular complexity index is 824. The molecule has 0 aromatic heterocycles. The van der Waals surface area contributed by atoms with Gasteiger partial charge in [0.25, 0.3) is 0 Å². The van der Waals surface area contributed by atoms with Crippen molar-refractivity contribution in [2.24, 2.45) is 0 Å². The number of hydrogen-bond acceptors (Lipinski definition) is 0. The van der Waals surface area contributed by atoms with Crippen LogP contribution in [-0.2, 0) is 6.42 Å². The van der Waals surface area contributed by atoms with E-state index in [0.717, 1.165) is 24.8 Å². The van der Waals surface area contributed by atoms with E-state index in [0.29, 0.717) is 0 Å². The number of rotatable bonds is 6. The van der Waals surface area contributed by atoms with Crippen molar-refractivity contribution in [3.05, 3.63) is 120 Å². The van der Waals surface area contributed by atoms with Gasteiger partial charge in [-0.1, -0.05) is 117 Å². The summed E-state index contributed by atoms with van der Waals surface area (Å²) in [5.41, 5.74) is 7.47. The molecule has 0 aliphatic rings. The third kappa shape index (κ3) is 7.11. The molecule has 0 saturated heterocycles. The van der Waals surface area contributed by atoms with E-state index in [-0.39, 0.29) is 0 Å². The molecule has 0 radical (unpaired) electrons. The molecule has 3 aromatic rings. The predicted molar refractivity (Wildman–Crippen MR) is 121 cm³/mol. The van der Waals surface area contributed by atoms with Gasteiger partial charge in [0, 0.05) is 0 Å². The highest BCUT2D eigenvalue weighted by Crippen LogP contribution is 2.21. The third-order valence-corrected chi connectivity index (χ3v) is 4.45. The van der Waals surface area contributed by atoms with Crippen LogP contribution in [0.4, 0.5) is 0 Å². The minimum Gasteiger partial charge on any atom is -0.0952 e. The fourth-order valence-electron chi connectivity index (χ4n) is 2.86. The Balaban J connectivity index is 0.000000313. The average molecular weight is 355 g/mol. The zero-order chi connectivity index (χ0) is 19.5. The molecule has 138 valence electrons. The number of aryl methyl sites for hydroxylation is 1. The molecule has 0 aliphatic heterocycles. The van der Waals surface area contributed by atoms with E-state index in [9.17, 15) is 0 Å². The number of allylic oxidation sites excluding steroid dienone is 2. The summed E-state index contributed by atoms with van der Waals surface area (Å²) in [6.45, 7) is 12.6. The standard InChI is InChI=1S/C20H22.C7H8/c1-4-8-16(2)20-13-11-18(12-14-20)15-17(3)19-9-6-5-7-10-19;1-7-5-3-2-4-6-7/h5-7,9-14H,2-4,8,15H2,1H3;2-6H,1H3. The first-order chi connectivity index (χ1) is 13.1. The summed E-state index contributed by atoms with van der Waals surface area (Å²) in [5, 5.41) is 0. The van der Waals surface area contributed by atoms with Crippen LogP contribution in [0.1, 0.15) is 42.0 Å². The molecule has 3 rings (SSSR count). The van der Waals surface area contributed by atoms with Crippen LogP contribution < -0.4 is 0 Å². The first kappa shape index (κ1) is 20.5. The lowest BCUT2D eigenvalue weighted by atomic mass is 9.97. The summed E-state index contributed by atoms with van der Waals surface area (Å²) < 4.78 is 0. The van der Waals surface area contributed by atoms with E-state index in [2.05, 4.69) is 87.7 Å². The summed E-state index contributed by atoms with van der Waals surface area (Å²) in [6, 6.07) is 29.3. The highest BCUT2D eigenvalue weighted by molar-refractivity contribution is 5.67. The Morgan fingerprint density at radius 1 is 0.667 bits per heavy atom. The van der Waals surface area contributed by atoms with Gasteiger partial charge in [0.15, 0.2) is 0 Å². The van der Waals surface area contributed by atoms with Crippen molar-refractivity contribution in [1.82, 2.24) is 0 Å². The minimum atomic E-state index is 0.893. The second-order valence-corrected chi connectivity index (χ2v) is 6.85. The molecule has 0 unspecified atom stereocenters. The molecule has 27 heavy (non-hydrogen) atoms. The monoisotopic (exact) mass is 354 g/mol. The van der Waals surface area contributed by atoms with Crippen LogP contribution in [0.15, 0.2) is 98.1 Å². The highest BCUT2D eigenvalue weighted by atomic mass is 14.1. The van der Waals surface area contributed by atoms with Gasteiger partial charge >= 0.3 is 0 Å². The van der Waals surface area contributed by atoms with Crippen LogP contribution in [0.25, 0.3) is 11.1 Å².